The third-order valence-electron chi connectivity index (χ3n) is 3.78. The molecule has 0 radical (unpaired) electrons. The van der Waals surface area contributed by atoms with Gasteiger partial charge in [-0.25, -0.2) is 4.79 Å². The summed E-state index contributed by atoms with van der Waals surface area (Å²) in [4.78, 5) is 13.8. The lowest BCUT2D eigenvalue weighted by Crippen LogP contribution is -2.47. The smallest absolute Gasteiger partial charge is 0.351 e. The minimum absolute atomic E-state index is 0.0428. The summed E-state index contributed by atoms with van der Waals surface area (Å²) in [5.74, 6) is -0.590. The van der Waals surface area contributed by atoms with Crippen LogP contribution in [0.4, 0.5) is 0 Å². The Kier molecular flexibility index (Phi) is 6.16. The molecule has 5 heteroatoms. The zero-order valence-electron chi connectivity index (χ0n) is 14.2. The maximum Gasteiger partial charge on any atom is 0.351 e. The first kappa shape index (κ1) is 17.9. The van der Waals surface area contributed by atoms with Crippen molar-refractivity contribution in [2.45, 2.75) is 58.1 Å². The molecule has 128 valence electrons. The molecule has 0 bridgehead atoms. The number of aliphatic hydroxyl groups is 1. The maximum absolute atomic E-state index is 12.0. The summed E-state index contributed by atoms with van der Waals surface area (Å²) in [6.45, 7) is 7.09. The summed E-state index contributed by atoms with van der Waals surface area (Å²) in [5.41, 5.74) is 0.515. The summed E-state index contributed by atoms with van der Waals surface area (Å²) in [6.07, 6.45) is 0.635. The number of aliphatic hydroxyl groups excluding tert-OH is 1. The van der Waals surface area contributed by atoms with Crippen LogP contribution >= 0.6 is 0 Å². The van der Waals surface area contributed by atoms with Crippen LogP contribution in [0.1, 0.15) is 39.2 Å². The van der Waals surface area contributed by atoms with Crippen molar-refractivity contribution in [2.75, 3.05) is 13.2 Å². The fourth-order valence-electron chi connectivity index (χ4n) is 2.74. The molecule has 0 aliphatic carbocycles. The van der Waals surface area contributed by atoms with Gasteiger partial charge in [-0.05, 0) is 39.2 Å². The molecule has 1 N–H and O–H groups in total. The van der Waals surface area contributed by atoms with E-state index in [2.05, 4.69) is 0 Å². The van der Waals surface area contributed by atoms with E-state index in [1.807, 2.05) is 30.3 Å². The first-order valence-corrected chi connectivity index (χ1v) is 8.15. The molecule has 0 saturated carbocycles. The summed E-state index contributed by atoms with van der Waals surface area (Å²) < 4.78 is 11.0. The molecule has 1 aliphatic heterocycles. The second kappa shape index (κ2) is 7.90. The number of hydrogen-bond donors (Lipinski definition) is 1. The summed E-state index contributed by atoms with van der Waals surface area (Å²) in [6, 6.07) is 10.0. The highest BCUT2D eigenvalue weighted by Crippen LogP contribution is 2.21. The fraction of sp³-hybridized carbons (Fsp3) is 0.611. The van der Waals surface area contributed by atoms with Gasteiger partial charge in [0.05, 0.1) is 13.2 Å². The van der Waals surface area contributed by atoms with E-state index < -0.39 is 17.8 Å². The molecule has 1 saturated heterocycles. The van der Waals surface area contributed by atoms with Crippen molar-refractivity contribution in [3.8, 4) is 0 Å². The molecule has 2 unspecified atom stereocenters. The van der Waals surface area contributed by atoms with E-state index in [0.29, 0.717) is 19.8 Å². The fourth-order valence-corrected chi connectivity index (χ4v) is 2.74. The van der Waals surface area contributed by atoms with Crippen LogP contribution in [0.2, 0.25) is 0 Å². The van der Waals surface area contributed by atoms with E-state index in [9.17, 15) is 9.90 Å². The van der Waals surface area contributed by atoms with Gasteiger partial charge < -0.3 is 14.6 Å². The topological polar surface area (TPSA) is 59.0 Å². The molecule has 0 spiro atoms. The second-order valence-electron chi connectivity index (χ2n) is 6.94. The summed E-state index contributed by atoms with van der Waals surface area (Å²) >= 11 is 0. The van der Waals surface area contributed by atoms with Crippen molar-refractivity contribution >= 4 is 5.97 Å². The number of carbonyl (C=O) groups excluding carboxylic acids is 1. The monoisotopic (exact) mass is 321 g/mol. The van der Waals surface area contributed by atoms with Crippen LogP contribution < -0.4 is 0 Å². The van der Waals surface area contributed by atoms with Crippen LogP contribution in [-0.4, -0.2) is 47.0 Å². The molecule has 5 nitrogen and oxygen atoms in total. The van der Waals surface area contributed by atoms with Crippen LogP contribution in [0.25, 0.3) is 0 Å². The number of nitrogens with zero attached hydrogens (tertiary/aromatic N) is 1. The molecule has 1 aromatic rings. The Hall–Kier alpha value is -1.43. The standard InChI is InChI=1S/C18H27NO4/c1-18(2,3)23-17(21)16(20)19-11-7-10-15(19)13-22-12-14-8-5-4-6-9-14/h4-6,8-9,15-16,20H,7,10-13H2,1-3H3. The van der Waals surface area contributed by atoms with Gasteiger partial charge in [0.2, 0.25) is 6.23 Å². The van der Waals surface area contributed by atoms with Crippen LogP contribution in [0.15, 0.2) is 30.3 Å². The molecule has 1 fully saturated rings. The van der Waals surface area contributed by atoms with Gasteiger partial charge in [-0.15, -0.1) is 0 Å². The molecule has 1 heterocycles. The largest absolute Gasteiger partial charge is 0.457 e. The summed E-state index contributed by atoms with van der Waals surface area (Å²) in [5, 5.41) is 10.3. The van der Waals surface area contributed by atoms with E-state index in [1.54, 1.807) is 25.7 Å². The predicted octanol–water partition coefficient (Wildman–Crippen LogP) is 2.33. The van der Waals surface area contributed by atoms with E-state index in [-0.39, 0.29) is 6.04 Å². The minimum atomic E-state index is -1.22. The highest BCUT2D eigenvalue weighted by atomic mass is 16.6. The van der Waals surface area contributed by atoms with Gasteiger partial charge in [-0.3, -0.25) is 4.90 Å². The van der Waals surface area contributed by atoms with Gasteiger partial charge in [0, 0.05) is 12.6 Å². The molecular weight excluding hydrogens is 294 g/mol. The Labute approximate surface area is 138 Å². The number of benzene rings is 1. The van der Waals surface area contributed by atoms with E-state index >= 15 is 0 Å². The second-order valence-corrected chi connectivity index (χ2v) is 6.94. The van der Waals surface area contributed by atoms with Gasteiger partial charge in [-0.1, -0.05) is 30.3 Å². The number of ether oxygens (including phenoxy) is 2. The average Bonchev–Trinajstić information content (AvgIpc) is 2.94. The number of likely N-dealkylation sites (tertiary alicyclic amines) is 1. The minimum Gasteiger partial charge on any atom is -0.457 e. The molecule has 0 aromatic heterocycles. The van der Waals surface area contributed by atoms with Crippen molar-refractivity contribution in [3.05, 3.63) is 35.9 Å². The van der Waals surface area contributed by atoms with E-state index in [1.165, 1.54) is 0 Å². The zero-order chi connectivity index (χ0) is 16.9. The lowest BCUT2D eigenvalue weighted by molar-refractivity contribution is -0.177. The van der Waals surface area contributed by atoms with Crippen LogP contribution in [0.5, 0.6) is 0 Å². The van der Waals surface area contributed by atoms with Crippen molar-refractivity contribution in [2.24, 2.45) is 0 Å². The highest BCUT2D eigenvalue weighted by Gasteiger charge is 2.35. The Bertz CT molecular complexity index is 497. The molecule has 2 rings (SSSR count). The van der Waals surface area contributed by atoms with E-state index in [0.717, 1.165) is 18.4 Å². The average molecular weight is 321 g/mol. The highest BCUT2D eigenvalue weighted by molar-refractivity contribution is 5.74. The summed E-state index contributed by atoms with van der Waals surface area (Å²) in [7, 11) is 0. The molecule has 2 atom stereocenters. The Morgan fingerprint density at radius 3 is 2.70 bits per heavy atom. The first-order chi connectivity index (χ1) is 10.9. The number of rotatable bonds is 6. The Morgan fingerprint density at radius 2 is 2.04 bits per heavy atom. The first-order valence-electron chi connectivity index (χ1n) is 8.15. The maximum atomic E-state index is 12.0. The van der Waals surface area contributed by atoms with Crippen LogP contribution in [-0.2, 0) is 20.9 Å². The van der Waals surface area contributed by atoms with Gasteiger partial charge in [0.1, 0.15) is 5.60 Å². The SMILES string of the molecule is CC(C)(C)OC(=O)C(O)N1CCCC1COCc1ccccc1. The van der Waals surface area contributed by atoms with Crippen LogP contribution in [0.3, 0.4) is 0 Å². The quantitative estimate of drug-likeness (QED) is 0.815. The number of esters is 1. The third-order valence-corrected chi connectivity index (χ3v) is 3.78. The third kappa shape index (κ3) is 5.61. The Morgan fingerprint density at radius 1 is 1.35 bits per heavy atom. The predicted molar refractivity (Wildman–Crippen MR) is 87.7 cm³/mol. The Balaban J connectivity index is 1.83. The van der Waals surface area contributed by atoms with Crippen molar-refractivity contribution < 1.29 is 19.4 Å². The molecule has 0 amide bonds. The lowest BCUT2D eigenvalue weighted by Gasteiger charge is -2.30. The number of hydrogen-bond acceptors (Lipinski definition) is 5. The molecule has 1 aromatic carbocycles. The van der Waals surface area contributed by atoms with Gasteiger partial charge in [0.15, 0.2) is 0 Å². The van der Waals surface area contributed by atoms with Crippen molar-refractivity contribution in [3.63, 3.8) is 0 Å². The lowest BCUT2D eigenvalue weighted by atomic mass is 10.2. The van der Waals surface area contributed by atoms with Crippen molar-refractivity contribution in [1.82, 2.24) is 4.90 Å². The van der Waals surface area contributed by atoms with Gasteiger partial charge >= 0.3 is 5.97 Å². The van der Waals surface area contributed by atoms with E-state index in [4.69, 9.17) is 9.47 Å². The van der Waals surface area contributed by atoms with Gasteiger partial charge in [-0.2, -0.15) is 0 Å². The van der Waals surface area contributed by atoms with Crippen molar-refractivity contribution in [1.29, 1.82) is 0 Å². The normalized spacial score (nSPS) is 20.4. The van der Waals surface area contributed by atoms with Gasteiger partial charge in [0.25, 0.3) is 0 Å². The zero-order valence-corrected chi connectivity index (χ0v) is 14.2. The molecule has 23 heavy (non-hydrogen) atoms. The molecular formula is C18H27NO4. The van der Waals surface area contributed by atoms with Crippen LogP contribution in [0, 0.1) is 0 Å². The number of carbonyl (C=O) groups is 1. The molecule has 1 aliphatic rings.